The molecule has 7 nitrogen and oxygen atoms in total. The van der Waals surface area contributed by atoms with Crippen molar-refractivity contribution < 1.29 is 14.3 Å². The molecule has 2 heterocycles. The summed E-state index contributed by atoms with van der Waals surface area (Å²) in [6, 6.07) is 15.5. The van der Waals surface area contributed by atoms with Crippen LogP contribution in [0.15, 0.2) is 53.7 Å². The molecule has 0 saturated heterocycles. The monoisotopic (exact) mass is 438 g/mol. The van der Waals surface area contributed by atoms with E-state index >= 15 is 0 Å². The Bertz CT molecular complexity index is 1050. The molecule has 0 saturated carbocycles. The summed E-state index contributed by atoms with van der Waals surface area (Å²) >= 11 is 1.42. The molecule has 0 bridgehead atoms. The Morgan fingerprint density at radius 1 is 1.13 bits per heavy atom. The van der Waals surface area contributed by atoms with Crippen molar-refractivity contribution in [3.05, 3.63) is 59.9 Å². The summed E-state index contributed by atoms with van der Waals surface area (Å²) in [5.74, 6) is 2.65. The number of thioether (sulfide) groups is 1. The molecule has 0 spiro atoms. The van der Waals surface area contributed by atoms with Crippen LogP contribution in [0, 0.1) is 0 Å². The van der Waals surface area contributed by atoms with Crippen LogP contribution in [0.25, 0.3) is 0 Å². The van der Waals surface area contributed by atoms with Gasteiger partial charge in [0.05, 0.1) is 12.9 Å². The summed E-state index contributed by atoms with van der Waals surface area (Å²) in [6.07, 6.45) is 0.624. The van der Waals surface area contributed by atoms with Crippen molar-refractivity contribution in [2.24, 2.45) is 0 Å². The summed E-state index contributed by atoms with van der Waals surface area (Å²) in [6.45, 7) is 5.41. The molecule has 0 radical (unpaired) electrons. The number of carbonyl (C=O) groups excluding carboxylic acids is 1. The molecule has 0 aliphatic carbocycles. The number of ether oxygens (including phenoxy) is 2. The first-order chi connectivity index (χ1) is 15.1. The fraction of sp³-hybridized carbons (Fsp3) is 0.348. The largest absolute Gasteiger partial charge is 0.497 e. The zero-order valence-electron chi connectivity index (χ0n) is 17.9. The van der Waals surface area contributed by atoms with Crippen LogP contribution in [0.4, 0.5) is 5.69 Å². The third-order valence-corrected chi connectivity index (χ3v) is 6.26. The molecule has 8 heteroatoms. The summed E-state index contributed by atoms with van der Waals surface area (Å²) in [4.78, 5) is 14.7. The highest BCUT2D eigenvalue weighted by atomic mass is 32.2. The molecular weight excluding hydrogens is 412 g/mol. The van der Waals surface area contributed by atoms with Gasteiger partial charge in [0, 0.05) is 18.8 Å². The molecule has 0 fully saturated rings. The number of hydrogen-bond donors (Lipinski definition) is 0. The van der Waals surface area contributed by atoms with E-state index in [4.69, 9.17) is 9.47 Å². The number of para-hydroxylation sites is 1. The molecule has 0 N–H and O–H groups in total. The Morgan fingerprint density at radius 3 is 2.61 bits per heavy atom. The first-order valence-electron chi connectivity index (χ1n) is 10.4. The first-order valence-corrected chi connectivity index (χ1v) is 11.3. The van der Waals surface area contributed by atoms with Crippen molar-refractivity contribution in [1.29, 1.82) is 0 Å². The smallest absolute Gasteiger partial charge is 0.237 e. The van der Waals surface area contributed by atoms with Gasteiger partial charge in [0.2, 0.25) is 5.91 Å². The van der Waals surface area contributed by atoms with Crippen molar-refractivity contribution >= 4 is 23.4 Å². The zero-order valence-corrected chi connectivity index (χ0v) is 18.8. The van der Waals surface area contributed by atoms with E-state index in [2.05, 4.69) is 16.3 Å². The van der Waals surface area contributed by atoms with E-state index in [-0.39, 0.29) is 12.0 Å². The van der Waals surface area contributed by atoms with Crippen LogP contribution in [0.5, 0.6) is 11.5 Å². The lowest BCUT2D eigenvalue weighted by Gasteiger charge is -2.17. The molecule has 1 amide bonds. The Balaban J connectivity index is 1.41. The molecular formula is C23H26N4O3S. The number of nitrogens with zero attached hydrogens (tertiary/aromatic N) is 4. The minimum Gasteiger partial charge on any atom is -0.497 e. The van der Waals surface area contributed by atoms with Gasteiger partial charge in [-0.3, -0.25) is 4.79 Å². The Morgan fingerprint density at radius 2 is 1.87 bits per heavy atom. The lowest BCUT2D eigenvalue weighted by molar-refractivity contribution is -0.116. The zero-order chi connectivity index (χ0) is 21.8. The highest BCUT2D eigenvalue weighted by Gasteiger charge is 2.25. The van der Waals surface area contributed by atoms with E-state index in [1.54, 1.807) is 7.11 Å². The van der Waals surface area contributed by atoms with E-state index in [1.165, 1.54) is 17.3 Å². The van der Waals surface area contributed by atoms with Crippen LogP contribution in [0.3, 0.4) is 0 Å². The van der Waals surface area contributed by atoms with E-state index in [9.17, 15) is 4.79 Å². The van der Waals surface area contributed by atoms with Crippen molar-refractivity contribution in [2.45, 2.75) is 38.1 Å². The van der Waals surface area contributed by atoms with E-state index in [0.29, 0.717) is 12.3 Å². The van der Waals surface area contributed by atoms with Gasteiger partial charge in [-0.1, -0.05) is 30.0 Å². The first kappa shape index (κ1) is 21.2. The van der Waals surface area contributed by atoms with Crippen LogP contribution >= 0.6 is 11.8 Å². The number of rotatable bonds is 8. The lowest BCUT2D eigenvalue weighted by Crippen LogP contribution is -2.30. The maximum Gasteiger partial charge on any atom is 0.237 e. The second kappa shape index (κ2) is 9.43. The van der Waals surface area contributed by atoms with Crippen molar-refractivity contribution in [1.82, 2.24) is 14.8 Å². The van der Waals surface area contributed by atoms with E-state index < -0.39 is 0 Å². The number of hydrogen-bond acceptors (Lipinski definition) is 6. The highest BCUT2D eigenvalue weighted by Crippen LogP contribution is 2.30. The van der Waals surface area contributed by atoms with E-state index in [0.717, 1.165) is 41.1 Å². The summed E-state index contributed by atoms with van der Waals surface area (Å²) in [5.41, 5.74) is 2.25. The molecule has 4 rings (SSSR count). The van der Waals surface area contributed by atoms with E-state index in [1.807, 2.05) is 65.8 Å². The van der Waals surface area contributed by atoms with Gasteiger partial charge in [-0.25, -0.2) is 0 Å². The summed E-state index contributed by atoms with van der Waals surface area (Å²) in [5, 5.41) is 9.40. The Kier molecular flexibility index (Phi) is 6.46. The fourth-order valence-corrected chi connectivity index (χ4v) is 4.60. The number of amides is 1. The molecule has 31 heavy (non-hydrogen) atoms. The average Bonchev–Trinajstić information content (AvgIpc) is 3.42. The summed E-state index contributed by atoms with van der Waals surface area (Å²) in [7, 11) is 1.63. The third kappa shape index (κ3) is 4.54. The number of carbonyl (C=O) groups is 1. The number of fused-ring (bicyclic) bond motifs is 1. The molecule has 1 aromatic heterocycles. The van der Waals surface area contributed by atoms with Gasteiger partial charge >= 0.3 is 0 Å². The Labute approximate surface area is 186 Å². The molecule has 1 aliphatic heterocycles. The maximum atomic E-state index is 12.8. The minimum atomic E-state index is -0.281. The predicted molar refractivity (Wildman–Crippen MR) is 121 cm³/mol. The van der Waals surface area contributed by atoms with Crippen LogP contribution in [-0.4, -0.2) is 40.1 Å². The lowest BCUT2D eigenvalue weighted by atomic mass is 10.2. The molecule has 2 aromatic carbocycles. The van der Waals surface area contributed by atoms with Crippen molar-refractivity contribution in [3.8, 4) is 11.5 Å². The molecule has 1 atom stereocenters. The number of methoxy groups -OCH3 is 1. The second-order valence-corrected chi connectivity index (χ2v) is 8.18. The maximum absolute atomic E-state index is 12.8. The highest BCUT2D eigenvalue weighted by molar-refractivity contribution is 7.99. The van der Waals surface area contributed by atoms with Crippen LogP contribution in [0.2, 0.25) is 0 Å². The van der Waals surface area contributed by atoms with Crippen molar-refractivity contribution in [2.75, 3.05) is 24.3 Å². The third-order valence-electron chi connectivity index (χ3n) is 5.31. The predicted octanol–water partition coefficient (Wildman–Crippen LogP) is 4.13. The van der Waals surface area contributed by atoms with Crippen LogP contribution in [-0.2, 0) is 17.8 Å². The van der Waals surface area contributed by atoms with Gasteiger partial charge in [-0.15, -0.1) is 10.2 Å². The average molecular weight is 439 g/mol. The van der Waals surface area contributed by atoms with Gasteiger partial charge in [-0.05, 0) is 56.2 Å². The molecule has 3 aromatic rings. The van der Waals surface area contributed by atoms with Gasteiger partial charge in [0.25, 0.3) is 0 Å². The standard InChI is InChI=1S/C23H26N4O3S/c1-4-26-22(16(2)30-19-11-9-18(29-3)10-12-19)24-25-23(26)31-15-21(28)27-14-13-17-7-5-6-8-20(17)27/h5-12,16H,4,13-15H2,1-3H3. The quantitative estimate of drug-likeness (QED) is 0.493. The fourth-order valence-electron chi connectivity index (χ4n) is 3.72. The minimum absolute atomic E-state index is 0.0877. The molecule has 1 unspecified atom stereocenters. The Hall–Kier alpha value is -3.00. The molecule has 162 valence electrons. The SMILES string of the molecule is CCn1c(SCC(=O)N2CCc3ccccc32)nnc1C(C)Oc1ccc(OC)cc1. The number of aromatic nitrogens is 3. The van der Waals surface area contributed by atoms with Crippen molar-refractivity contribution in [3.63, 3.8) is 0 Å². The molecule has 1 aliphatic rings. The topological polar surface area (TPSA) is 69.5 Å². The van der Waals surface area contributed by atoms with Crippen LogP contribution in [0.1, 0.15) is 31.3 Å². The summed E-state index contributed by atoms with van der Waals surface area (Å²) < 4.78 is 13.2. The van der Waals surface area contributed by atoms with Gasteiger partial charge in [-0.2, -0.15) is 0 Å². The normalized spacial score (nSPS) is 13.7. The number of anilines is 1. The number of benzene rings is 2. The van der Waals surface area contributed by atoms with Gasteiger partial charge < -0.3 is 18.9 Å². The van der Waals surface area contributed by atoms with Gasteiger partial charge in [0.1, 0.15) is 11.5 Å². The van der Waals surface area contributed by atoms with Gasteiger partial charge in [0.15, 0.2) is 17.1 Å². The van der Waals surface area contributed by atoms with Crippen LogP contribution < -0.4 is 14.4 Å². The second-order valence-electron chi connectivity index (χ2n) is 7.23.